The van der Waals surface area contributed by atoms with E-state index >= 15 is 0 Å². The number of rotatable bonds is 7. The molecule has 0 atom stereocenters. The zero-order valence-electron chi connectivity index (χ0n) is 11.2. The molecule has 1 amide bonds. The molecule has 1 aromatic carbocycles. The third-order valence-electron chi connectivity index (χ3n) is 2.66. The van der Waals surface area contributed by atoms with Crippen molar-refractivity contribution in [2.45, 2.75) is 26.7 Å². The van der Waals surface area contributed by atoms with Crippen LogP contribution in [0.3, 0.4) is 0 Å². The molecule has 0 saturated heterocycles. The van der Waals surface area contributed by atoms with Crippen LogP contribution in [0.4, 0.5) is 0 Å². The first kappa shape index (κ1) is 14.5. The van der Waals surface area contributed by atoms with Gasteiger partial charge in [-0.15, -0.1) is 0 Å². The van der Waals surface area contributed by atoms with Gasteiger partial charge in [0.1, 0.15) is 5.75 Å². The second-order valence-corrected chi connectivity index (χ2v) is 4.40. The zero-order valence-corrected chi connectivity index (χ0v) is 11.2. The van der Waals surface area contributed by atoms with Gasteiger partial charge in [-0.05, 0) is 50.4 Å². The van der Waals surface area contributed by atoms with Crippen molar-refractivity contribution in [1.29, 1.82) is 0 Å². The minimum Gasteiger partial charge on any atom is -0.483 e. The second kappa shape index (κ2) is 7.71. The number of aryl methyl sites for hydroxylation is 2. The quantitative estimate of drug-likeness (QED) is 0.721. The highest BCUT2D eigenvalue weighted by molar-refractivity contribution is 5.77. The summed E-state index contributed by atoms with van der Waals surface area (Å²) in [6.07, 6.45) is 1.84. The highest BCUT2D eigenvalue weighted by atomic mass is 16.5. The van der Waals surface area contributed by atoms with Gasteiger partial charge in [-0.25, -0.2) is 0 Å². The monoisotopic (exact) mass is 250 g/mol. The van der Waals surface area contributed by atoms with Crippen molar-refractivity contribution in [2.24, 2.45) is 5.73 Å². The van der Waals surface area contributed by atoms with Gasteiger partial charge in [-0.1, -0.05) is 12.1 Å². The Bertz CT molecular complexity index is 391. The maximum absolute atomic E-state index is 11.5. The molecule has 0 bridgehead atoms. The van der Waals surface area contributed by atoms with Crippen molar-refractivity contribution in [1.82, 2.24) is 5.32 Å². The molecule has 0 radical (unpaired) electrons. The number of hydrogen-bond donors (Lipinski definition) is 2. The molecule has 3 N–H and O–H groups in total. The summed E-state index contributed by atoms with van der Waals surface area (Å²) in [5.41, 5.74) is 7.54. The lowest BCUT2D eigenvalue weighted by atomic mass is 10.1. The lowest BCUT2D eigenvalue weighted by Gasteiger charge is -2.10. The fraction of sp³-hybridized carbons (Fsp3) is 0.500. The van der Waals surface area contributed by atoms with E-state index in [0.29, 0.717) is 13.1 Å². The van der Waals surface area contributed by atoms with Crippen LogP contribution in [0.2, 0.25) is 0 Å². The van der Waals surface area contributed by atoms with Crippen LogP contribution in [-0.4, -0.2) is 25.6 Å². The molecule has 0 aliphatic rings. The highest BCUT2D eigenvalue weighted by Gasteiger charge is 2.04. The van der Waals surface area contributed by atoms with E-state index in [-0.39, 0.29) is 12.5 Å². The second-order valence-electron chi connectivity index (χ2n) is 4.40. The molecule has 0 aromatic heterocycles. The van der Waals surface area contributed by atoms with Gasteiger partial charge in [0.25, 0.3) is 5.91 Å². The fourth-order valence-corrected chi connectivity index (χ4v) is 1.55. The maximum Gasteiger partial charge on any atom is 0.257 e. The first-order valence-corrected chi connectivity index (χ1v) is 6.30. The molecule has 1 aromatic rings. The maximum atomic E-state index is 11.5. The Balaban J connectivity index is 2.31. The Morgan fingerprint density at radius 2 is 2.11 bits per heavy atom. The molecule has 0 unspecified atom stereocenters. The van der Waals surface area contributed by atoms with Crippen molar-refractivity contribution < 1.29 is 9.53 Å². The van der Waals surface area contributed by atoms with Crippen molar-refractivity contribution >= 4 is 5.91 Å². The normalized spacial score (nSPS) is 10.2. The summed E-state index contributed by atoms with van der Waals surface area (Å²) in [6, 6.07) is 5.95. The molecule has 100 valence electrons. The summed E-state index contributed by atoms with van der Waals surface area (Å²) in [4.78, 5) is 11.5. The molecule has 0 spiro atoms. The molecule has 0 aliphatic heterocycles. The molecule has 0 aliphatic carbocycles. The van der Waals surface area contributed by atoms with E-state index in [2.05, 4.69) is 5.32 Å². The van der Waals surface area contributed by atoms with Crippen LogP contribution < -0.4 is 15.8 Å². The molecule has 4 heteroatoms. The third kappa shape index (κ3) is 5.19. The number of nitrogens with two attached hydrogens (primary N) is 1. The van der Waals surface area contributed by atoms with E-state index in [0.717, 1.165) is 29.7 Å². The minimum absolute atomic E-state index is 0.0624. The molecule has 18 heavy (non-hydrogen) atoms. The largest absolute Gasteiger partial charge is 0.483 e. The van der Waals surface area contributed by atoms with Crippen LogP contribution in [0.5, 0.6) is 5.75 Å². The van der Waals surface area contributed by atoms with Crippen molar-refractivity contribution in [3.05, 3.63) is 29.3 Å². The Morgan fingerprint density at radius 1 is 1.33 bits per heavy atom. The molecular weight excluding hydrogens is 228 g/mol. The fourth-order valence-electron chi connectivity index (χ4n) is 1.55. The van der Waals surface area contributed by atoms with Crippen LogP contribution in [0.15, 0.2) is 18.2 Å². The van der Waals surface area contributed by atoms with Crippen LogP contribution in [-0.2, 0) is 4.79 Å². The van der Waals surface area contributed by atoms with Crippen LogP contribution >= 0.6 is 0 Å². The lowest BCUT2D eigenvalue weighted by molar-refractivity contribution is -0.123. The summed E-state index contributed by atoms with van der Waals surface area (Å²) in [6.45, 7) is 5.35. The SMILES string of the molecule is Cc1ccc(C)c(OCC(=O)NCCCCN)c1. The first-order valence-electron chi connectivity index (χ1n) is 6.30. The summed E-state index contributed by atoms with van der Waals surface area (Å²) in [5, 5.41) is 2.80. The lowest BCUT2D eigenvalue weighted by Crippen LogP contribution is -2.30. The van der Waals surface area contributed by atoms with Crippen LogP contribution in [0.25, 0.3) is 0 Å². The molecular formula is C14H22N2O2. The average molecular weight is 250 g/mol. The topological polar surface area (TPSA) is 64.3 Å². The molecule has 0 heterocycles. The van der Waals surface area contributed by atoms with E-state index in [1.165, 1.54) is 0 Å². The molecule has 4 nitrogen and oxygen atoms in total. The molecule has 0 fully saturated rings. The van der Waals surface area contributed by atoms with E-state index in [4.69, 9.17) is 10.5 Å². The van der Waals surface area contributed by atoms with Crippen molar-refractivity contribution in [2.75, 3.05) is 19.7 Å². The number of unbranched alkanes of at least 4 members (excludes halogenated alkanes) is 1. The number of hydrogen-bond acceptors (Lipinski definition) is 3. The van der Waals surface area contributed by atoms with Gasteiger partial charge < -0.3 is 15.8 Å². The van der Waals surface area contributed by atoms with Crippen molar-refractivity contribution in [3.8, 4) is 5.75 Å². The van der Waals surface area contributed by atoms with Gasteiger partial charge in [0.05, 0.1) is 0 Å². The van der Waals surface area contributed by atoms with Gasteiger partial charge in [-0.3, -0.25) is 4.79 Å². The molecule has 1 rings (SSSR count). The summed E-state index contributed by atoms with van der Waals surface area (Å²) >= 11 is 0. The Morgan fingerprint density at radius 3 is 2.83 bits per heavy atom. The van der Waals surface area contributed by atoms with Crippen molar-refractivity contribution in [3.63, 3.8) is 0 Å². The van der Waals surface area contributed by atoms with E-state index in [1.54, 1.807) is 0 Å². The molecule has 0 saturated carbocycles. The average Bonchev–Trinajstić information content (AvgIpc) is 2.36. The zero-order chi connectivity index (χ0) is 13.4. The predicted molar refractivity (Wildman–Crippen MR) is 72.7 cm³/mol. The van der Waals surface area contributed by atoms with Gasteiger partial charge in [0.15, 0.2) is 6.61 Å². The third-order valence-corrected chi connectivity index (χ3v) is 2.66. The Labute approximate surface area is 109 Å². The summed E-state index contributed by atoms with van der Waals surface area (Å²) < 4.78 is 5.50. The predicted octanol–water partition coefficient (Wildman–Crippen LogP) is 1.54. The van der Waals surface area contributed by atoms with Crippen LogP contribution in [0, 0.1) is 13.8 Å². The van der Waals surface area contributed by atoms with Gasteiger partial charge >= 0.3 is 0 Å². The highest BCUT2D eigenvalue weighted by Crippen LogP contribution is 2.18. The van der Waals surface area contributed by atoms with Gasteiger partial charge in [0, 0.05) is 6.54 Å². The first-order chi connectivity index (χ1) is 8.63. The number of carbonyl (C=O) groups is 1. The van der Waals surface area contributed by atoms with E-state index < -0.39 is 0 Å². The number of ether oxygens (including phenoxy) is 1. The van der Waals surface area contributed by atoms with Gasteiger partial charge in [-0.2, -0.15) is 0 Å². The standard InChI is InChI=1S/C14H22N2O2/c1-11-5-6-12(2)13(9-11)18-10-14(17)16-8-4-3-7-15/h5-6,9H,3-4,7-8,10,15H2,1-2H3,(H,16,17). The summed E-state index contributed by atoms with van der Waals surface area (Å²) in [5.74, 6) is 0.681. The smallest absolute Gasteiger partial charge is 0.257 e. The van der Waals surface area contributed by atoms with Crippen LogP contribution in [0.1, 0.15) is 24.0 Å². The number of benzene rings is 1. The van der Waals surface area contributed by atoms with E-state index in [9.17, 15) is 4.79 Å². The Hall–Kier alpha value is -1.55. The summed E-state index contributed by atoms with van der Waals surface area (Å²) in [7, 11) is 0. The number of carbonyl (C=O) groups excluding carboxylic acids is 1. The Kier molecular flexibility index (Phi) is 6.22. The van der Waals surface area contributed by atoms with Gasteiger partial charge in [0.2, 0.25) is 0 Å². The minimum atomic E-state index is -0.0899. The number of nitrogens with one attached hydrogen (secondary N) is 1. The van der Waals surface area contributed by atoms with E-state index in [1.807, 2.05) is 32.0 Å². The number of amides is 1.